The Hall–Kier alpha value is -4.33. The van der Waals surface area contributed by atoms with Crippen molar-refractivity contribution in [2.45, 2.75) is 12.6 Å². The Kier molecular flexibility index (Phi) is 5.18. The van der Waals surface area contributed by atoms with Gasteiger partial charge in [-0.05, 0) is 41.5 Å². The number of nitrogens with zero attached hydrogens (tertiary/aromatic N) is 3. The van der Waals surface area contributed by atoms with E-state index in [1.807, 2.05) is 36.4 Å². The number of hydrogen-bond acceptors (Lipinski definition) is 6. The number of aromatic hydroxyl groups is 1. The standard InChI is InChI=1S/C25H22N4O4/c1-32-19-10-9-16(12-20(19)33-2)24-21-22(17-7-3-4-8-18(17)30)27-28-23(21)25(31)29(24)14-15-6-5-11-26-13-15/h3-13,24,30H,14H2,1-2H3,(H,27,28). The summed E-state index contributed by atoms with van der Waals surface area (Å²) in [4.78, 5) is 19.5. The Morgan fingerprint density at radius 3 is 2.61 bits per heavy atom. The molecule has 1 amide bonds. The Morgan fingerprint density at radius 1 is 1.06 bits per heavy atom. The van der Waals surface area contributed by atoms with Crippen molar-refractivity contribution in [3.63, 3.8) is 0 Å². The molecular formula is C25H22N4O4. The summed E-state index contributed by atoms with van der Waals surface area (Å²) in [6, 6.07) is 15.9. The minimum absolute atomic E-state index is 0.0935. The molecule has 4 aromatic rings. The molecule has 0 radical (unpaired) electrons. The maximum absolute atomic E-state index is 13.5. The second-order valence-corrected chi connectivity index (χ2v) is 7.69. The Balaban J connectivity index is 1.69. The van der Waals surface area contributed by atoms with Crippen LogP contribution in [0.3, 0.4) is 0 Å². The highest BCUT2D eigenvalue weighted by Crippen LogP contribution is 2.46. The van der Waals surface area contributed by atoms with Gasteiger partial charge >= 0.3 is 0 Å². The van der Waals surface area contributed by atoms with Gasteiger partial charge in [0.15, 0.2) is 11.5 Å². The van der Waals surface area contributed by atoms with Gasteiger partial charge in [0.1, 0.15) is 17.1 Å². The molecule has 3 heterocycles. The summed E-state index contributed by atoms with van der Waals surface area (Å²) < 4.78 is 10.9. The van der Waals surface area contributed by atoms with Crippen molar-refractivity contribution in [3.05, 3.63) is 89.4 Å². The number of benzene rings is 2. The highest BCUT2D eigenvalue weighted by atomic mass is 16.5. The van der Waals surface area contributed by atoms with E-state index in [-0.39, 0.29) is 11.7 Å². The average molecular weight is 442 g/mol. The van der Waals surface area contributed by atoms with Crippen molar-refractivity contribution in [1.82, 2.24) is 20.1 Å². The number of phenolic OH excluding ortho intramolecular Hbond substituents is 1. The first kappa shape index (κ1) is 20.6. The number of aromatic amines is 1. The fourth-order valence-corrected chi connectivity index (χ4v) is 4.30. The predicted octanol–water partition coefficient (Wildman–Crippen LogP) is 3.94. The summed E-state index contributed by atoms with van der Waals surface area (Å²) in [5.74, 6) is 1.07. The van der Waals surface area contributed by atoms with Crippen LogP contribution in [-0.4, -0.2) is 45.3 Å². The topological polar surface area (TPSA) is 101 Å². The number of pyridine rings is 1. The van der Waals surface area contributed by atoms with Crippen LogP contribution < -0.4 is 9.47 Å². The van der Waals surface area contributed by atoms with Crippen molar-refractivity contribution < 1.29 is 19.4 Å². The van der Waals surface area contributed by atoms with Crippen LogP contribution in [0.1, 0.15) is 33.2 Å². The lowest BCUT2D eigenvalue weighted by Crippen LogP contribution is -2.29. The van der Waals surface area contributed by atoms with Crippen molar-refractivity contribution in [2.24, 2.45) is 0 Å². The van der Waals surface area contributed by atoms with Gasteiger partial charge < -0.3 is 19.5 Å². The zero-order valence-electron chi connectivity index (χ0n) is 18.1. The molecule has 0 fully saturated rings. The number of para-hydroxylation sites is 1. The summed E-state index contributed by atoms with van der Waals surface area (Å²) >= 11 is 0. The van der Waals surface area contributed by atoms with Crippen LogP contribution in [0.5, 0.6) is 17.2 Å². The van der Waals surface area contributed by atoms with Gasteiger partial charge in [-0.2, -0.15) is 5.10 Å². The van der Waals surface area contributed by atoms with Gasteiger partial charge in [-0.15, -0.1) is 0 Å². The van der Waals surface area contributed by atoms with Crippen molar-refractivity contribution in [2.75, 3.05) is 14.2 Å². The van der Waals surface area contributed by atoms with Crippen LogP contribution in [-0.2, 0) is 6.54 Å². The van der Waals surface area contributed by atoms with Crippen LogP contribution in [0.4, 0.5) is 0 Å². The maximum Gasteiger partial charge on any atom is 0.273 e. The molecule has 2 aromatic heterocycles. The highest BCUT2D eigenvalue weighted by molar-refractivity contribution is 6.00. The number of rotatable bonds is 6. The zero-order valence-corrected chi connectivity index (χ0v) is 18.1. The zero-order chi connectivity index (χ0) is 22.9. The largest absolute Gasteiger partial charge is 0.507 e. The normalized spacial score (nSPS) is 14.9. The van der Waals surface area contributed by atoms with Crippen molar-refractivity contribution >= 4 is 5.91 Å². The van der Waals surface area contributed by atoms with E-state index in [2.05, 4.69) is 15.2 Å². The van der Waals surface area contributed by atoms with Gasteiger partial charge in [0, 0.05) is 30.1 Å². The molecule has 1 unspecified atom stereocenters. The molecule has 1 atom stereocenters. The quantitative estimate of drug-likeness (QED) is 0.469. The number of methoxy groups -OCH3 is 2. The van der Waals surface area contributed by atoms with E-state index >= 15 is 0 Å². The number of carbonyl (C=O) groups is 1. The minimum Gasteiger partial charge on any atom is -0.507 e. The van der Waals surface area contributed by atoms with E-state index in [4.69, 9.17) is 9.47 Å². The molecule has 8 heteroatoms. The van der Waals surface area contributed by atoms with E-state index in [0.717, 1.165) is 11.1 Å². The number of amides is 1. The van der Waals surface area contributed by atoms with Crippen molar-refractivity contribution in [3.8, 4) is 28.5 Å². The molecule has 5 rings (SSSR count). The molecule has 0 saturated carbocycles. The van der Waals surface area contributed by atoms with Crippen LogP contribution in [0.25, 0.3) is 11.3 Å². The van der Waals surface area contributed by atoms with Crippen LogP contribution in [0.15, 0.2) is 67.0 Å². The number of aromatic nitrogens is 3. The van der Waals surface area contributed by atoms with Gasteiger partial charge in [0.05, 0.1) is 20.3 Å². The number of phenols is 1. The SMILES string of the molecule is COc1ccc(C2c3c(-c4ccccc4O)n[nH]c3C(=O)N2Cc2cccnc2)cc1OC. The third-order valence-electron chi connectivity index (χ3n) is 5.82. The summed E-state index contributed by atoms with van der Waals surface area (Å²) in [7, 11) is 3.15. The monoisotopic (exact) mass is 442 g/mol. The number of hydrogen-bond donors (Lipinski definition) is 2. The van der Waals surface area contributed by atoms with Gasteiger partial charge in [0.25, 0.3) is 5.91 Å². The molecule has 2 aromatic carbocycles. The average Bonchev–Trinajstić information content (AvgIpc) is 3.39. The van der Waals surface area contributed by atoms with Crippen LogP contribution >= 0.6 is 0 Å². The summed E-state index contributed by atoms with van der Waals surface area (Å²) in [6.45, 7) is 0.356. The van der Waals surface area contributed by atoms with Gasteiger partial charge in [0.2, 0.25) is 0 Å². The Bertz CT molecular complexity index is 1320. The molecule has 0 saturated heterocycles. The van der Waals surface area contributed by atoms with Crippen LogP contribution in [0, 0.1) is 0 Å². The smallest absolute Gasteiger partial charge is 0.273 e. The number of ether oxygens (including phenoxy) is 2. The summed E-state index contributed by atoms with van der Waals surface area (Å²) in [5, 5.41) is 17.8. The Labute approximate surface area is 190 Å². The number of carbonyl (C=O) groups excluding carboxylic acids is 1. The molecular weight excluding hydrogens is 420 g/mol. The highest BCUT2D eigenvalue weighted by Gasteiger charge is 2.42. The lowest BCUT2D eigenvalue weighted by atomic mass is 9.95. The lowest BCUT2D eigenvalue weighted by molar-refractivity contribution is 0.0729. The second kappa shape index (κ2) is 8.31. The number of H-pyrrole nitrogens is 1. The fourth-order valence-electron chi connectivity index (χ4n) is 4.30. The number of fused-ring (bicyclic) bond motifs is 1. The molecule has 166 valence electrons. The molecule has 0 aliphatic carbocycles. The van der Waals surface area contributed by atoms with E-state index in [9.17, 15) is 9.90 Å². The molecule has 8 nitrogen and oxygen atoms in total. The second-order valence-electron chi connectivity index (χ2n) is 7.69. The van der Waals surface area contributed by atoms with E-state index in [0.29, 0.717) is 40.6 Å². The lowest BCUT2D eigenvalue weighted by Gasteiger charge is -2.27. The molecule has 0 spiro atoms. The van der Waals surface area contributed by atoms with Gasteiger partial charge in [-0.25, -0.2) is 0 Å². The third kappa shape index (κ3) is 3.45. The Morgan fingerprint density at radius 2 is 1.88 bits per heavy atom. The third-order valence-corrected chi connectivity index (χ3v) is 5.82. The first-order valence-electron chi connectivity index (χ1n) is 10.4. The molecule has 0 bridgehead atoms. The minimum atomic E-state index is -0.458. The molecule has 1 aliphatic heterocycles. The molecule has 33 heavy (non-hydrogen) atoms. The van der Waals surface area contributed by atoms with Gasteiger partial charge in [-0.1, -0.05) is 24.3 Å². The first-order valence-corrected chi connectivity index (χ1v) is 10.4. The van der Waals surface area contributed by atoms with E-state index in [1.165, 1.54) is 0 Å². The van der Waals surface area contributed by atoms with Crippen molar-refractivity contribution in [1.29, 1.82) is 0 Å². The summed E-state index contributed by atoms with van der Waals surface area (Å²) in [5.41, 5.74) is 3.93. The van der Waals surface area contributed by atoms with Gasteiger partial charge in [-0.3, -0.25) is 14.9 Å². The fraction of sp³-hybridized carbons (Fsp3) is 0.160. The van der Waals surface area contributed by atoms with Crippen LogP contribution in [0.2, 0.25) is 0 Å². The molecule has 2 N–H and O–H groups in total. The maximum atomic E-state index is 13.5. The first-order chi connectivity index (χ1) is 16.1. The van der Waals surface area contributed by atoms with E-state index < -0.39 is 6.04 Å². The molecule has 1 aliphatic rings. The predicted molar refractivity (Wildman–Crippen MR) is 121 cm³/mol. The number of nitrogens with one attached hydrogen (secondary N) is 1. The summed E-state index contributed by atoms with van der Waals surface area (Å²) in [6.07, 6.45) is 3.44. The van der Waals surface area contributed by atoms with E-state index in [1.54, 1.807) is 49.7 Å².